The molecule has 2 aromatic carbocycles. The Bertz CT molecular complexity index is 2970. The molecule has 0 spiro atoms. The second-order valence-electron chi connectivity index (χ2n) is 24.7. The van der Waals surface area contributed by atoms with Gasteiger partial charge in [0.15, 0.2) is 0 Å². The second kappa shape index (κ2) is 44.5. The van der Waals surface area contributed by atoms with Crippen molar-refractivity contribution in [3.63, 3.8) is 0 Å². The van der Waals surface area contributed by atoms with Gasteiger partial charge in [0.2, 0.25) is 11.8 Å². The lowest BCUT2D eigenvalue weighted by molar-refractivity contribution is -0.143. The summed E-state index contributed by atoms with van der Waals surface area (Å²) in [5, 5.41) is 81.0. The smallest absolute Gasteiger partial charge is 0.326 e. The number of aliphatic carboxylic acids is 7. The largest absolute Gasteiger partial charge is 0.481 e. The molecule has 96 heavy (non-hydrogen) atoms. The van der Waals surface area contributed by atoms with Crippen molar-refractivity contribution in [3.8, 4) is 0 Å². The van der Waals surface area contributed by atoms with Crippen molar-refractivity contribution in [2.75, 3.05) is 91.6 Å². The van der Waals surface area contributed by atoms with Crippen LogP contribution >= 0.6 is 12.2 Å². The van der Waals surface area contributed by atoms with Crippen molar-refractivity contribution in [3.05, 3.63) is 76.4 Å². The van der Waals surface area contributed by atoms with Crippen LogP contribution in [0.1, 0.15) is 144 Å². The van der Waals surface area contributed by atoms with E-state index < -0.39 is 84.3 Å². The summed E-state index contributed by atoms with van der Waals surface area (Å²) in [4.78, 5) is 155. The Hall–Kier alpha value is -8.25. The van der Waals surface area contributed by atoms with Crippen molar-refractivity contribution in [1.29, 1.82) is 0 Å². The lowest BCUT2D eigenvalue weighted by Crippen LogP contribution is -2.53. The summed E-state index contributed by atoms with van der Waals surface area (Å²) in [5.74, 6) is -9.83. The molecule has 0 bridgehead atoms. The van der Waals surface area contributed by atoms with Gasteiger partial charge in [-0.05, 0) is 92.5 Å². The standard InChI is InChI=1S/C67H97N9O19S/c77-53(25-26-56(66(93)94)72-67(95)70-29-13-20-58(79)80)17-5-3-1-2-4-6-18-54(78)40-50(64(90)71-55(65(91)92)19-10-12-28-69-63(89)51-38-48-14-7-8-15-49(48)39-51)16-9-11-27-68-57(96)37-47-23-21-46(22-24-47)36-52-41-75(44-61(85)86)33-32-73(42-59(81)82)30-31-74(43-60(83)84)34-35-76(52)45-62(87)88/h7-8,14-15,21-24,38,50,52,55-56H,1-6,9-13,16-20,25-37,39-45H2,(H,68,96)(H,69,89)(H,71,90)(H,79,80)(H,81,82)(H,83,84)(H,85,86)(H,87,88)(H,91,92)(H,93,94)(H2,70,72,95)/t50-,52?,55+,56+/m1/s1. The molecule has 530 valence electrons. The first-order valence-electron chi connectivity index (χ1n) is 33.1. The zero-order valence-corrected chi connectivity index (χ0v) is 55.5. The fraction of sp³-hybridized carbons (Fsp3) is 0.597. The highest BCUT2D eigenvalue weighted by molar-refractivity contribution is 7.80. The molecule has 4 amide bonds. The molecule has 1 fully saturated rings. The number of Topliss-reactive ketones (excluding diaryl/α,β-unsaturated/α-hetero) is 2. The molecule has 4 atom stereocenters. The number of unbranched alkanes of at least 4 members (excludes halogenated alkanes) is 7. The van der Waals surface area contributed by atoms with E-state index in [1.165, 1.54) is 0 Å². The van der Waals surface area contributed by atoms with Gasteiger partial charge in [0.25, 0.3) is 0 Å². The molecule has 1 saturated heterocycles. The first-order chi connectivity index (χ1) is 45.8. The Morgan fingerprint density at radius 2 is 1.02 bits per heavy atom. The number of carboxylic acids is 7. The maximum atomic E-state index is 13.9. The van der Waals surface area contributed by atoms with Crippen LogP contribution in [0.15, 0.2) is 54.1 Å². The van der Waals surface area contributed by atoms with Crippen LogP contribution in [0.25, 0.3) is 6.08 Å². The summed E-state index contributed by atoms with van der Waals surface area (Å²) >= 11 is 5.71. The number of nitrogens with one attached hydrogen (secondary N) is 5. The third-order valence-corrected chi connectivity index (χ3v) is 17.1. The van der Waals surface area contributed by atoms with Crippen LogP contribution < -0.4 is 26.6 Å². The van der Waals surface area contributed by atoms with E-state index in [1.807, 2.05) is 54.6 Å². The molecule has 0 radical (unpaired) electrons. The molecule has 0 aromatic heterocycles. The second-order valence-corrected chi connectivity index (χ2v) is 25.1. The van der Waals surface area contributed by atoms with Crippen LogP contribution in [-0.2, 0) is 72.0 Å². The van der Waals surface area contributed by atoms with Gasteiger partial charge in [-0.3, -0.25) is 62.8 Å². The summed E-state index contributed by atoms with van der Waals surface area (Å²) in [5.41, 5.74) is 4.37. The molecule has 1 unspecified atom stereocenters. The van der Waals surface area contributed by atoms with E-state index >= 15 is 0 Å². The topological polar surface area (TPSA) is 420 Å². The van der Waals surface area contributed by atoms with Gasteiger partial charge >= 0.3 is 47.8 Å². The third-order valence-electron chi connectivity index (χ3n) is 16.8. The molecule has 0 saturated carbocycles. The molecule has 1 aliphatic carbocycles. The summed E-state index contributed by atoms with van der Waals surface area (Å²) < 4.78 is 0. The number of rotatable bonds is 46. The molecule has 1 heterocycles. The van der Waals surface area contributed by atoms with Crippen LogP contribution in [0.4, 0.5) is 4.79 Å². The van der Waals surface area contributed by atoms with Crippen LogP contribution in [-0.4, -0.2) is 241 Å². The van der Waals surface area contributed by atoms with E-state index in [9.17, 15) is 88.2 Å². The number of amides is 4. The van der Waals surface area contributed by atoms with Gasteiger partial charge in [-0.25, -0.2) is 14.4 Å². The van der Waals surface area contributed by atoms with Crippen LogP contribution in [0, 0.1) is 5.92 Å². The average molecular weight is 1360 g/mol. The Balaban J connectivity index is 1.30. The molecule has 28 nitrogen and oxygen atoms in total. The quantitative estimate of drug-likeness (QED) is 0.0330. The van der Waals surface area contributed by atoms with Crippen LogP contribution in [0.2, 0.25) is 0 Å². The maximum Gasteiger partial charge on any atom is 0.326 e. The van der Waals surface area contributed by atoms with E-state index in [4.69, 9.17) is 17.3 Å². The van der Waals surface area contributed by atoms with Gasteiger partial charge in [-0.1, -0.05) is 92.9 Å². The average Bonchev–Trinajstić information content (AvgIpc) is 1.64. The zero-order chi connectivity index (χ0) is 70.4. The van der Waals surface area contributed by atoms with Crippen molar-refractivity contribution < 1.29 is 93.3 Å². The first-order valence-corrected chi connectivity index (χ1v) is 33.5. The highest BCUT2D eigenvalue weighted by Crippen LogP contribution is 2.25. The first kappa shape index (κ1) is 80.2. The number of carboxylic acid groups (broad SMARTS) is 7. The number of carbonyl (C=O) groups excluding carboxylic acids is 5. The number of fused-ring (bicyclic) bond motifs is 1. The summed E-state index contributed by atoms with van der Waals surface area (Å²) in [6, 6.07) is 11.4. The highest BCUT2D eigenvalue weighted by Gasteiger charge is 2.30. The Morgan fingerprint density at radius 1 is 0.490 bits per heavy atom. The third kappa shape index (κ3) is 33.9. The van der Waals surface area contributed by atoms with Crippen molar-refractivity contribution in [1.82, 2.24) is 46.2 Å². The minimum absolute atomic E-state index is 0.0437. The molecule has 2 aliphatic rings. The summed E-state index contributed by atoms with van der Waals surface area (Å²) in [6.45, 7) is 0.433. The Kier molecular flexibility index (Phi) is 37.2. The summed E-state index contributed by atoms with van der Waals surface area (Å²) in [6.07, 6.45) is 9.64. The number of carbonyl (C=O) groups is 12. The van der Waals surface area contributed by atoms with Crippen LogP contribution in [0.3, 0.4) is 0 Å². The van der Waals surface area contributed by atoms with Gasteiger partial charge in [-0.15, -0.1) is 0 Å². The van der Waals surface area contributed by atoms with Crippen molar-refractivity contribution in [2.45, 2.75) is 159 Å². The number of thiocarbonyl (C=S) groups is 1. The molecular weight excluding hydrogens is 1270 g/mol. The zero-order valence-electron chi connectivity index (χ0n) is 54.7. The molecule has 12 N–H and O–H groups in total. The van der Waals surface area contributed by atoms with E-state index in [1.54, 1.807) is 19.6 Å². The molecule has 2 aromatic rings. The molecule has 4 rings (SSSR count). The van der Waals surface area contributed by atoms with Gasteiger partial charge in [-0.2, -0.15) is 0 Å². The number of urea groups is 1. The van der Waals surface area contributed by atoms with Gasteiger partial charge in [0, 0.05) is 128 Å². The number of hydrogen-bond donors (Lipinski definition) is 12. The number of benzene rings is 2. The number of nitrogens with zero attached hydrogens (tertiary/aromatic N) is 4. The van der Waals surface area contributed by atoms with Crippen molar-refractivity contribution >= 4 is 94.5 Å². The molecule has 1 aliphatic heterocycles. The number of ketones is 2. The van der Waals surface area contributed by atoms with Gasteiger partial charge in [0.1, 0.15) is 23.7 Å². The lowest BCUT2D eigenvalue weighted by atomic mass is 9.92. The Labute approximate surface area is 565 Å². The van der Waals surface area contributed by atoms with E-state index in [2.05, 4.69) is 26.6 Å². The van der Waals surface area contributed by atoms with Gasteiger partial charge < -0.3 is 62.3 Å². The normalized spacial score (nSPS) is 15.8. The predicted octanol–water partition coefficient (Wildman–Crippen LogP) is 3.95. The SMILES string of the molecule is O=C(O)CCCNC(=O)N[C@@H](CCC(=O)CCCCCCCCC(=O)C[C@@H](CCCCNC(=S)Cc1ccc(CC2CN(CC(=O)O)CCN(CC(=O)O)CCN(CC(=O)O)CCN2CC(=O)O)cc1)C(=O)N[C@@H](CCCCNC(=O)C1=Cc2ccccc2C1)C(=O)O)C(=O)O. The maximum absolute atomic E-state index is 13.9. The fourth-order valence-corrected chi connectivity index (χ4v) is 11.8. The lowest BCUT2D eigenvalue weighted by Gasteiger charge is -2.37. The summed E-state index contributed by atoms with van der Waals surface area (Å²) in [7, 11) is 0. The van der Waals surface area contributed by atoms with Gasteiger partial charge in [0.05, 0.1) is 31.2 Å². The predicted molar refractivity (Wildman–Crippen MR) is 357 cm³/mol. The molecule has 29 heteroatoms. The number of hydrogen-bond acceptors (Lipinski definition) is 17. The monoisotopic (exact) mass is 1360 g/mol. The van der Waals surface area contributed by atoms with Crippen LogP contribution in [0.5, 0.6) is 0 Å². The minimum Gasteiger partial charge on any atom is -0.481 e. The highest BCUT2D eigenvalue weighted by atomic mass is 32.1. The minimum atomic E-state index is -1.30. The van der Waals surface area contributed by atoms with E-state index in [-0.39, 0.29) is 147 Å². The Morgan fingerprint density at radius 3 is 1.62 bits per heavy atom. The fourth-order valence-electron chi connectivity index (χ4n) is 11.6. The molecular formula is C67H97N9O19S. The van der Waals surface area contributed by atoms with Crippen molar-refractivity contribution in [2.24, 2.45) is 5.92 Å². The van der Waals surface area contributed by atoms with E-state index in [0.29, 0.717) is 87.9 Å². The van der Waals surface area contributed by atoms with E-state index in [0.717, 1.165) is 41.5 Å².